The number of halogens is 1. The van der Waals surface area contributed by atoms with Crippen LogP contribution in [-0.2, 0) is 6.54 Å². The molecule has 7 heteroatoms. The SMILES string of the molecule is Cc1onc(-c2cccc(F)c2)c1C(=O)N1CC(C)Cn2nccc21. The first-order chi connectivity index (χ1) is 12.0. The van der Waals surface area contributed by atoms with Crippen molar-refractivity contribution in [3.8, 4) is 11.3 Å². The molecule has 0 saturated heterocycles. The van der Waals surface area contributed by atoms with Crippen molar-refractivity contribution in [3.63, 3.8) is 0 Å². The van der Waals surface area contributed by atoms with Crippen LogP contribution >= 0.6 is 0 Å². The monoisotopic (exact) mass is 340 g/mol. The summed E-state index contributed by atoms with van der Waals surface area (Å²) in [6.45, 7) is 5.11. The Balaban J connectivity index is 1.79. The smallest absolute Gasteiger partial charge is 0.265 e. The lowest BCUT2D eigenvalue weighted by Crippen LogP contribution is -2.41. The van der Waals surface area contributed by atoms with Crippen molar-refractivity contribution >= 4 is 11.7 Å². The lowest BCUT2D eigenvalue weighted by atomic mass is 10.0. The molecular weight excluding hydrogens is 323 g/mol. The Labute approximate surface area is 143 Å². The van der Waals surface area contributed by atoms with Crippen molar-refractivity contribution in [3.05, 3.63) is 53.7 Å². The van der Waals surface area contributed by atoms with E-state index >= 15 is 0 Å². The van der Waals surface area contributed by atoms with Crippen LogP contribution in [0.3, 0.4) is 0 Å². The number of anilines is 1. The van der Waals surface area contributed by atoms with E-state index in [2.05, 4.69) is 17.2 Å². The number of hydrogen-bond donors (Lipinski definition) is 0. The van der Waals surface area contributed by atoms with Gasteiger partial charge in [0, 0.05) is 24.7 Å². The van der Waals surface area contributed by atoms with Crippen molar-refractivity contribution in [1.82, 2.24) is 14.9 Å². The first-order valence-corrected chi connectivity index (χ1v) is 8.10. The van der Waals surface area contributed by atoms with Crippen LogP contribution in [0.4, 0.5) is 10.2 Å². The topological polar surface area (TPSA) is 64.2 Å². The number of rotatable bonds is 2. The van der Waals surface area contributed by atoms with Gasteiger partial charge in [0.05, 0.1) is 6.20 Å². The van der Waals surface area contributed by atoms with Gasteiger partial charge in [-0.05, 0) is 25.0 Å². The van der Waals surface area contributed by atoms with Gasteiger partial charge in [0.1, 0.15) is 28.7 Å². The summed E-state index contributed by atoms with van der Waals surface area (Å²) in [7, 11) is 0. The second-order valence-electron chi connectivity index (χ2n) is 6.37. The number of carbonyl (C=O) groups excluding carboxylic acids is 1. The van der Waals surface area contributed by atoms with E-state index in [1.807, 2.05) is 10.7 Å². The molecule has 3 aromatic rings. The molecule has 0 N–H and O–H groups in total. The number of nitrogens with zero attached hydrogens (tertiary/aromatic N) is 4. The summed E-state index contributed by atoms with van der Waals surface area (Å²) in [5, 5.41) is 8.26. The molecule has 4 rings (SSSR count). The van der Waals surface area contributed by atoms with E-state index in [-0.39, 0.29) is 17.6 Å². The van der Waals surface area contributed by atoms with Crippen LogP contribution in [0.1, 0.15) is 23.0 Å². The molecule has 128 valence electrons. The molecule has 0 saturated carbocycles. The van der Waals surface area contributed by atoms with E-state index in [1.165, 1.54) is 12.1 Å². The number of hydrogen-bond acceptors (Lipinski definition) is 4. The quantitative estimate of drug-likeness (QED) is 0.718. The molecule has 2 aromatic heterocycles. The number of amides is 1. The molecule has 1 aliphatic heterocycles. The zero-order valence-corrected chi connectivity index (χ0v) is 13.9. The minimum absolute atomic E-state index is 0.216. The molecule has 1 aromatic carbocycles. The standard InChI is InChI=1S/C18H17FN4O2/c1-11-9-22(15-6-7-20-23(15)10-11)18(24)16-12(2)25-21-17(16)13-4-3-5-14(19)8-13/h3-8,11H,9-10H2,1-2H3. The molecule has 1 aliphatic rings. The van der Waals surface area contributed by atoms with Crippen LogP contribution in [0.5, 0.6) is 0 Å². The van der Waals surface area contributed by atoms with Crippen LogP contribution in [-0.4, -0.2) is 27.4 Å². The Kier molecular flexibility index (Phi) is 3.63. The van der Waals surface area contributed by atoms with Crippen molar-refractivity contribution in [1.29, 1.82) is 0 Å². The van der Waals surface area contributed by atoms with Gasteiger partial charge < -0.3 is 4.52 Å². The average Bonchev–Trinajstić information content (AvgIpc) is 3.19. The molecule has 0 aliphatic carbocycles. The number of benzene rings is 1. The normalized spacial score (nSPS) is 16.8. The van der Waals surface area contributed by atoms with Crippen LogP contribution in [0.25, 0.3) is 11.3 Å². The van der Waals surface area contributed by atoms with Crippen molar-refractivity contribution in [2.75, 3.05) is 11.4 Å². The highest BCUT2D eigenvalue weighted by Gasteiger charge is 2.32. The number of aromatic nitrogens is 3. The van der Waals surface area contributed by atoms with Gasteiger partial charge in [0.25, 0.3) is 5.91 Å². The second-order valence-corrected chi connectivity index (χ2v) is 6.37. The number of fused-ring (bicyclic) bond motifs is 1. The lowest BCUT2D eigenvalue weighted by molar-refractivity contribution is 0.0974. The zero-order chi connectivity index (χ0) is 17.6. The summed E-state index contributed by atoms with van der Waals surface area (Å²) < 4.78 is 20.7. The van der Waals surface area contributed by atoms with Crippen LogP contribution in [0.15, 0.2) is 41.1 Å². The number of carbonyl (C=O) groups is 1. The summed E-state index contributed by atoms with van der Waals surface area (Å²) in [5.74, 6) is 0.823. The van der Waals surface area contributed by atoms with Crippen molar-refractivity contribution in [2.24, 2.45) is 5.92 Å². The molecule has 1 amide bonds. The summed E-state index contributed by atoms with van der Waals surface area (Å²) in [5.41, 5.74) is 1.22. The highest BCUT2D eigenvalue weighted by atomic mass is 19.1. The Morgan fingerprint density at radius 3 is 2.96 bits per heavy atom. The zero-order valence-electron chi connectivity index (χ0n) is 13.9. The molecule has 6 nitrogen and oxygen atoms in total. The first kappa shape index (κ1) is 15.6. The van der Waals surface area contributed by atoms with Gasteiger partial charge >= 0.3 is 0 Å². The second kappa shape index (κ2) is 5.84. The van der Waals surface area contributed by atoms with Gasteiger partial charge in [0.15, 0.2) is 0 Å². The van der Waals surface area contributed by atoms with E-state index in [4.69, 9.17) is 4.52 Å². The van der Waals surface area contributed by atoms with Crippen LogP contribution < -0.4 is 4.90 Å². The Bertz CT molecular complexity index is 946. The third kappa shape index (κ3) is 2.61. The van der Waals surface area contributed by atoms with Gasteiger partial charge in [-0.15, -0.1) is 0 Å². The van der Waals surface area contributed by atoms with E-state index < -0.39 is 0 Å². The third-order valence-corrected chi connectivity index (χ3v) is 4.37. The molecule has 1 atom stereocenters. The van der Waals surface area contributed by atoms with Crippen molar-refractivity contribution in [2.45, 2.75) is 20.4 Å². The predicted molar refractivity (Wildman–Crippen MR) is 89.7 cm³/mol. The largest absolute Gasteiger partial charge is 0.360 e. The molecule has 0 fully saturated rings. The molecule has 1 unspecified atom stereocenters. The minimum Gasteiger partial charge on any atom is -0.360 e. The number of aryl methyl sites for hydroxylation is 1. The van der Waals surface area contributed by atoms with Gasteiger partial charge in [-0.3, -0.25) is 9.69 Å². The highest BCUT2D eigenvalue weighted by molar-refractivity contribution is 6.10. The maximum atomic E-state index is 13.6. The van der Waals surface area contributed by atoms with E-state index in [0.717, 1.165) is 12.4 Å². The predicted octanol–water partition coefficient (Wildman–Crippen LogP) is 3.28. The molecule has 0 radical (unpaired) electrons. The molecule has 25 heavy (non-hydrogen) atoms. The van der Waals surface area contributed by atoms with Gasteiger partial charge in [-0.2, -0.15) is 5.10 Å². The minimum atomic E-state index is -0.388. The lowest BCUT2D eigenvalue weighted by Gasteiger charge is -2.31. The Morgan fingerprint density at radius 1 is 1.32 bits per heavy atom. The first-order valence-electron chi connectivity index (χ1n) is 8.10. The maximum absolute atomic E-state index is 13.6. The highest BCUT2D eigenvalue weighted by Crippen LogP contribution is 2.30. The summed E-state index contributed by atoms with van der Waals surface area (Å²) in [6, 6.07) is 7.80. The molecule has 3 heterocycles. The van der Waals surface area contributed by atoms with Gasteiger partial charge in [-0.1, -0.05) is 24.2 Å². The fourth-order valence-electron chi connectivity index (χ4n) is 3.23. The molecule has 0 bridgehead atoms. The Hall–Kier alpha value is -2.96. The Morgan fingerprint density at radius 2 is 2.16 bits per heavy atom. The van der Waals surface area contributed by atoms with E-state index in [1.54, 1.807) is 30.2 Å². The third-order valence-electron chi connectivity index (χ3n) is 4.37. The van der Waals surface area contributed by atoms with Gasteiger partial charge in [-0.25, -0.2) is 9.07 Å². The summed E-state index contributed by atoms with van der Waals surface area (Å²) in [4.78, 5) is 14.9. The van der Waals surface area contributed by atoms with E-state index in [9.17, 15) is 9.18 Å². The summed E-state index contributed by atoms with van der Waals surface area (Å²) >= 11 is 0. The van der Waals surface area contributed by atoms with Gasteiger partial charge in [0.2, 0.25) is 0 Å². The van der Waals surface area contributed by atoms with E-state index in [0.29, 0.717) is 29.1 Å². The van der Waals surface area contributed by atoms with Crippen LogP contribution in [0.2, 0.25) is 0 Å². The molecule has 0 spiro atoms. The molecular formula is C18H17FN4O2. The summed E-state index contributed by atoms with van der Waals surface area (Å²) in [6.07, 6.45) is 1.68. The van der Waals surface area contributed by atoms with Crippen molar-refractivity contribution < 1.29 is 13.7 Å². The van der Waals surface area contributed by atoms with Crippen LogP contribution in [0, 0.1) is 18.7 Å². The fourth-order valence-corrected chi connectivity index (χ4v) is 3.23. The fraction of sp³-hybridized carbons (Fsp3) is 0.278. The average molecular weight is 340 g/mol. The maximum Gasteiger partial charge on any atom is 0.265 e.